The summed E-state index contributed by atoms with van der Waals surface area (Å²) in [6.07, 6.45) is 4.27. The minimum atomic E-state index is 0.122. The van der Waals surface area contributed by atoms with Gasteiger partial charge in [-0.05, 0) is 6.26 Å². The maximum absolute atomic E-state index is 8.78. The zero-order valence-corrected chi connectivity index (χ0v) is 8.56. The van der Waals surface area contributed by atoms with Crippen molar-refractivity contribution in [2.75, 3.05) is 25.2 Å². The Kier molecular flexibility index (Phi) is 3.98. The average molecular weight is 199 g/mol. The van der Waals surface area contributed by atoms with Crippen molar-refractivity contribution in [3.8, 4) is 0 Å². The van der Waals surface area contributed by atoms with Crippen molar-refractivity contribution in [2.24, 2.45) is 0 Å². The molecule has 0 atom stereocenters. The number of nitrogens with zero attached hydrogens (tertiary/aromatic N) is 2. The quantitative estimate of drug-likeness (QED) is 0.554. The Labute approximate surface area is 81.8 Å². The Morgan fingerprint density at radius 3 is 2.92 bits per heavy atom. The van der Waals surface area contributed by atoms with E-state index in [1.807, 2.05) is 13.3 Å². The minimum absolute atomic E-state index is 0.122. The number of anilines is 1. The molecule has 0 aliphatic heterocycles. The van der Waals surface area contributed by atoms with E-state index in [-0.39, 0.29) is 6.61 Å². The lowest BCUT2D eigenvalue weighted by atomic mass is 10.2. The van der Waals surface area contributed by atoms with Gasteiger partial charge < -0.3 is 10.4 Å². The fraction of sp³-hybridized carbons (Fsp3) is 0.500. The van der Waals surface area contributed by atoms with Gasteiger partial charge in [0.2, 0.25) is 0 Å². The number of aromatic nitrogens is 2. The third-order valence-corrected chi connectivity index (χ3v) is 2.20. The topological polar surface area (TPSA) is 58.0 Å². The number of hydrogen-bond acceptors (Lipinski definition) is 5. The van der Waals surface area contributed by atoms with Crippen LogP contribution in [0, 0.1) is 0 Å². The van der Waals surface area contributed by atoms with Crippen LogP contribution in [-0.4, -0.2) is 35.0 Å². The van der Waals surface area contributed by atoms with E-state index in [4.69, 9.17) is 5.11 Å². The summed E-state index contributed by atoms with van der Waals surface area (Å²) in [6, 6.07) is 0. The first-order valence-electron chi connectivity index (χ1n) is 4.00. The largest absolute Gasteiger partial charge is 0.396 e. The van der Waals surface area contributed by atoms with Crippen molar-refractivity contribution in [3.05, 3.63) is 11.8 Å². The molecule has 4 nitrogen and oxygen atoms in total. The summed E-state index contributed by atoms with van der Waals surface area (Å²) in [5.74, 6) is 0.799. The molecular weight excluding hydrogens is 186 g/mol. The van der Waals surface area contributed by atoms with E-state index in [0.29, 0.717) is 6.42 Å². The Bertz CT molecular complexity index is 280. The summed E-state index contributed by atoms with van der Waals surface area (Å²) in [6.45, 7) is 0.122. The number of rotatable bonds is 4. The molecule has 0 amide bonds. The smallest absolute Gasteiger partial charge is 0.189 e. The summed E-state index contributed by atoms with van der Waals surface area (Å²) >= 11 is 1.50. The third kappa shape index (κ3) is 2.57. The minimum Gasteiger partial charge on any atom is -0.396 e. The van der Waals surface area contributed by atoms with E-state index < -0.39 is 0 Å². The molecule has 0 fully saturated rings. The van der Waals surface area contributed by atoms with Crippen LogP contribution in [0.2, 0.25) is 0 Å². The van der Waals surface area contributed by atoms with E-state index in [2.05, 4.69) is 15.3 Å². The highest BCUT2D eigenvalue weighted by Gasteiger charge is 2.03. The molecule has 0 unspecified atom stereocenters. The number of nitrogens with one attached hydrogen (secondary N) is 1. The van der Waals surface area contributed by atoms with Crippen LogP contribution in [-0.2, 0) is 6.42 Å². The molecule has 0 aliphatic carbocycles. The SMILES string of the molecule is CNc1nc(SC)ncc1CCO. The molecule has 1 aromatic heterocycles. The maximum Gasteiger partial charge on any atom is 0.189 e. The summed E-state index contributed by atoms with van der Waals surface area (Å²) in [7, 11) is 1.81. The molecule has 0 aliphatic rings. The molecule has 72 valence electrons. The molecule has 1 rings (SSSR count). The maximum atomic E-state index is 8.78. The molecule has 5 heteroatoms. The lowest BCUT2D eigenvalue weighted by Crippen LogP contribution is -2.03. The normalized spacial score (nSPS) is 10.1. The van der Waals surface area contributed by atoms with Gasteiger partial charge in [-0.3, -0.25) is 0 Å². The van der Waals surface area contributed by atoms with Gasteiger partial charge in [-0.15, -0.1) is 0 Å². The highest BCUT2D eigenvalue weighted by atomic mass is 32.2. The lowest BCUT2D eigenvalue weighted by molar-refractivity contribution is 0.299. The lowest BCUT2D eigenvalue weighted by Gasteiger charge is -2.06. The van der Waals surface area contributed by atoms with E-state index in [0.717, 1.165) is 16.5 Å². The predicted molar refractivity (Wildman–Crippen MR) is 54.1 cm³/mol. The van der Waals surface area contributed by atoms with Gasteiger partial charge in [0.15, 0.2) is 5.16 Å². The summed E-state index contributed by atoms with van der Waals surface area (Å²) in [5, 5.41) is 12.5. The van der Waals surface area contributed by atoms with Gasteiger partial charge in [-0.1, -0.05) is 11.8 Å². The van der Waals surface area contributed by atoms with Gasteiger partial charge in [-0.2, -0.15) is 0 Å². The van der Waals surface area contributed by atoms with Crippen LogP contribution in [0.4, 0.5) is 5.82 Å². The van der Waals surface area contributed by atoms with Crippen molar-refractivity contribution >= 4 is 17.6 Å². The predicted octanol–water partition coefficient (Wildman–Crippen LogP) is 0.775. The Morgan fingerprint density at radius 1 is 1.62 bits per heavy atom. The third-order valence-electron chi connectivity index (χ3n) is 1.64. The molecule has 0 radical (unpaired) electrons. The first kappa shape index (κ1) is 10.3. The van der Waals surface area contributed by atoms with Gasteiger partial charge in [0, 0.05) is 31.8 Å². The molecular formula is C8H13N3OS. The number of thioether (sulfide) groups is 1. The van der Waals surface area contributed by atoms with Gasteiger partial charge in [-0.25, -0.2) is 9.97 Å². The zero-order chi connectivity index (χ0) is 9.68. The van der Waals surface area contributed by atoms with Gasteiger partial charge in [0.1, 0.15) is 5.82 Å². The van der Waals surface area contributed by atoms with E-state index in [1.54, 1.807) is 6.20 Å². The van der Waals surface area contributed by atoms with Crippen LogP contribution in [0.25, 0.3) is 0 Å². The van der Waals surface area contributed by atoms with Crippen LogP contribution < -0.4 is 5.32 Å². The first-order valence-corrected chi connectivity index (χ1v) is 5.22. The van der Waals surface area contributed by atoms with Crippen molar-refractivity contribution in [3.63, 3.8) is 0 Å². The van der Waals surface area contributed by atoms with Crippen molar-refractivity contribution < 1.29 is 5.11 Å². The molecule has 0 saturated heterocycles. The van der Waals surface area contributed by atoms with Crippen molar-refractivity contribution in [2.45, 2.75) is 11.6 Å². The molecule has 13 heavy (non-hydrogen) atoms. The molecule has 0 spiro atoms. The van der Waals surface area contributed by atoms with E-state index >= 15 is 0 Å². The monoisotopic (exact) mass is 199 g/mol. The fourth-order valence-electron chi connectivity index (χ4n) is 1.01. The average Bonchev–Trinajstić information content (AvgIpc) is 2.19. The van der Waals surface area contributed by atoms with Crippen LogP contribution in [0.15, 0.2) is 11.4 Å². The van der Waals surface area contributed by atoms with E-state index in [1.165, 1.54) is 11.8 Å². The zero-order valence-electron chi connectivity index (χ0n) is 7.74. The summed E-state index contributed by atoms with van der Waals surface area (Å²) in [4.78, 5) is 8.38. The second kappa shape index (κ2) is 5.04. The van der Waals surface area contributed by atoms with Crippen LogP contribution in [0.1, 0.15) is 5.56 Å². The Morgan fingerprint density at radius 2 is 2.38 bits per heavy atom. The second-order valence-electron chi connectivity index (χ2n) is 2.45. The standard InChI is InChI=1S/C8H13N3OS/c1-9-7-6(3-4-12)5-10-8(11-7)13-2/h5,12H,3-4H2,1-2H3,(H,9,10,11). The molecule has 1 aromatic rings. The van der Waals surface area contributed by atoms with Crippen molar-refractivity contribution in [1.82, 2.24) is 9.97 Å². The first-order chi connectivity index (χ1) is 6.31. The molecule has 0 bridgehead atoms. The Balaban J connectivity index is 2.93. The summed E-state index contributed by atoms with van der Waals surface area (Å²) in [5.41, 5.74) is 0.947. The highest BCUT2D eigenvalue weighted by Crippen LogP contribution is 2.15. The molecule has 1 heterocycles. The van der Waals surface area contributed by atoms with Gasteiger partial charge >= 0.3 is 0 Å². The fourth-order valence-corrected chi connectivity index (χ4v) is 1.35. The van der Waals surface area contributed by atoms with Gasteiger partial charge in [0.05, 0.1) is 0 Å². The van der Waals surface area contributed by atoms with Crippen molar-refractivity contribution in [1.29, 1.82) is 0 Å². The number of aliphatic hydroxyl groups excluding tert-OH is 1. The number of hydrogen-bond donors (Lipinski definition) is 2. The van der Waals surface area contributed by atoms with Gasteiger partial charge in [0.25, 0.3) is 0 Å². The second-order valence-corrected chi connectivity index (χ2v) is 3.23. The van der Waals surface area contributed by atoms with Crippen LogP contribution in [0.3, 0.4) is 0 Å². The molecule has 0 aromatic carbocycles. The van der Waals surface area contributed by atoms with Crippen LogP contribution in [0.5, 0.6) is 0 Å². The summed E-state index contributed by atoms with van der Waals surface area (Å²) < 4.78 is 0. The number of aliphatic hydroxyl groups is 1. The Hall–Kier alpha value is -0.810. The van der Waals surface area contributed by atoms with E-state index in [9.17, 15) is 0 Å². The highest BCUT2D eigenvalue weighted by molar-refractivity contribution is 7.98. The van der Waals surface area contributed by atoms with Crippen LogP contribution >= 0.6 is 11.8 Å². The molecule has 0 saturated carbocycles. The molecule has 2 N–H and O–H groups in total.